The number of nitrogens with zero attached hydrogens (tertiary/aromatic N) is 2. The summed E-state index contributed by atoms with van der Waals surface area (Å²) in [5.41, 5.74) is 4.93. The van der Waals surface area contributed by atoms with Crippen molar-refractivity contribution in [1.29, 1.82) is 0 Å². The third kappa shape index (κ3) is 2.96. The van der Waals surface area contributed by atoms with Gasteiger partial charge < -0.3 is 10.5 Å². The molecule has 0 radical (unpaired) electrons. The topological polar surface area (TPSA) is 87.2 Å². The standard InChI is InChI=1S/C21H14ClF2N3O3/c1-30-21(29)16-17(25)13-6-5-10(19(23)24)9-15(13)27(20(16)28)14-4-2-3-12-11(14)7-8-26-18(12)22/h2-9,19H,25H2,1H3. The number of nitrogens with two attached hydrogens (primary N) is 1. The van der Waals surface area contributed by atoms with Crippen LogP contribution in [0.3, 0.4) is 0 Å². The van der Waals surface area contributed by atoms with Gasteiger partial charge in [0.2, 0.25) is 0 Å². The van der Waals surface area contributed by atoms with E-state index in [2.05, 4.69) is 4.98 Å². The minimum Gasteiger partial charge on any atom is -0.465 e. The molecule has 0 saturated heterocycles. The van der Waals surface area contributed by atoms with Crippen LogP contribution in [0.15, 0.2) is 53.5 Å². The number of hydrogen-bond acceptors (Lipinski definition) is 5. The van der Waals surface area contributed by atoms with Crippen molar-refractivity contribution in [3.05, 3.63) is 75.3 Å². The van der Waals surface area contributed by atoms with E-state index in [1.165, 1.54) is 29.0 Å². The summed E-state index contributed by atoms with van der Waals surface area (Å²) in [7, 11) is 1.12. The van der Waals surface area contributed by atoms with Crippen molar-refractivity contribution in [2.45, 2.75) is 6.43 Å². The lowest BCUT2D eigenvalue weighted by atomic mass is 10.0. The minimum absolute atomic E-state index is 0.128. The Morgan fingerprint density at radius 1 is 1.17 bits per heavy atom. The minimum atomic E-state index is -2.76. The summed E-state index contributed by atoms with van der Waals surface area (Å²) in [6.45, 7) is 0. The van der Waals surface area contributed by atoms with Crippen LogP contribution in [0.4, 0.5) is 14.5 Å². The quantitative estimate of drug-likeness (QED) is 0.383. The van der Waals surface area contributed by atoms with Crippen LogP contribution in [0.25, 0.3) is 27.4 Å². The number of rotatable bonds is 3. The van der Waals surface area contributed by atoms with Crippen LogP contribution in [0.1, 0.15) is 22.3 Å². The van der Waals surface area contributed by atoms with E-state index >= 15 is 0 Å². The maximum atomic E-state index is 13.4. The van der Waals surface area contributed by atoms with Crippen molar-refractivity contribution in [3.63, 3.8) is 0 Å². The number of benzene rings is 2. The molecule has 2 aromatic heterocycles. The van der Waals surface area contributed by atoms with Crippen LogP contribution < -0.4 is 11.3 Å². The molecule has 2 aromatic carbocycles. The molecule has 0 aliphatic carbocycles. The predicted molar refractivity (Wildman–Crippen MR) is 111 cm³/mol. The molecule has 0 saturated carbocycles. The maximum Gasteiger partial charge on any atom is 0.345 e. The van der Waals surface area contributed by atoms with Crippen molar-refractivity contribution in [3.8, 4) is 5.69 Å². The highest BCUT2D eigenvalue weighted by Crippen LogP contribution is 2.32. The van der Waals surface area contributed by atoms with Crippen molar-refractivity contribution in [1.82, 2.24) is 9.55 Å². The van der Waals surface area contributed by atoms with Gasteiger partial charge in [-0.15, -0.1) is 0 Å². The Morgan fingerprint density at radius 2 is 1.93 bits per heavy atom. The number of alkyl halides is 2. The van der Waals surface area contributed by atoms with Crippen molar-refractivity contribution in [2.24, 2.45) is 0 Å². The van der Waals surface area contributed by atoms with Gasteiger partial charge in [0, 0.05) is 27.9 Å². The lowest BCUT2D eigenvalue weighted by molar-refractivity contribution is 0.0599. The Hall–Kier alpha value is -3.52. The normalized spacial score (nSPS) is 11.4. The van der Waals surface area contributed by atoms with E-state index in [1.807, 2.05) is 0 Å². The Kier molecular flexibility index (Phi) is 4.87. The molecule has 0 aliphatic rings. The third-order valence-corrected chi connectivity index (χ3v) is 5.16. The van der Waals surface area contributed by atoms with E-state index < -0.39 is 18.0 Å². The van der Waals surface area contributed by atoms with Gasteiger partial charge in [-0.1, -0.05) is 35.9 Å². The Morgan fingerprint density at radius 3 is 2.63 bits per heavy atom. The van der Waals surface area contributed by atoms with Crippen LogP contribution in [0, 0.1) is 0 Å². The molecule has 0 aliphatic heterocycles. The molecule has 4 aromatic rings. The molecule has 4 rings (SSSR count). The lowest BCUT2D eigenvalue weighted by Crippen LogP contribution is -2.28. The zero-order valence-electron chi connectivity index (χ0n) is 15.5. The first-order valence-corrected chi connectivity index (χ1v) is 9.11. The second-order valence-electron chi connectivity index (χ2n) is 6.47. The lowest BCUT2D eigenvalue weighted by Gasteiger charge is -2.17. The molecule has 30 heavy (non-hydrogen) atoms. The molecular weight excluding hydrogens is 416 g/mol. The summed E-state index contributed by atoms with van der Waals surface area (Å²) in [6.07, 6.45) is -1.30. The smallest absolute Gasteiger partial charge is 0.345 e. The Bertz CT molecular complexity index is 1390. The van der Waals surface area contributed by atoms with Crippen LogP contribution in [0.5, 0.6) is 0 Å². The summed E-state index contributed by atoms with van der Waals surface area (Å²) < 4.78 is 32.7. The zero-order chi connectivity index (χ0) is 21.6. The number of methoxy groups -OCH3 is 1. The molecule has 0 unspecified atom stereocenters. The summed E-state index contributed by atoms with van der Waals surface area (Å²) in [6, 6.07) is 10.3. The average molecular weight is 430 g/mol. The maximum absolute atomic E-state index is 13.4. The van der Waals surface area contributed by atoms with Crippen molar-refractivity contribution in [2.75, 3.05) is 12.8 Å². The van der Waals surface area contributed by atoms with Crippen LogP contribution in [0.2, 0.25) is 5.15 Å². The van der Waals surface area contributed by atoms with Gasteiger partial charge in [-0.2, -0.15) is 0 Å². The van der Waals surface area contributed by atoms with Crippen molar-refractivity contribution >= 4 is 44.9 Å². The number of nitrogen functional groups attached to an aromatic ring is 1. The van der Waals surface area contributed by atoms with E-state index in [9.17, 15) is 18.4 Å². The number of aromatic nitrogens is 2. The number of esters is 1. The first kappa shape index (κ1) is 19.8. The Balaban J connectivity index is 2.24. The van der Waals surface area contributed by atoms with Gasteiger partial charge in [-0.05, 0) is 18.2 Å². The fourth-order valence-corrected chi connectivity index (χ4v) is 3.68. The van der Waals surface area contributed by atoms with E-state index in [0.717, 1.165) is 7.11 Å². The number of anilines is 1. The summed E-state index contributed by atoms with van der Waals surface area (Å²) in [4.78, 5) is 29.7. The molecule has 6 nitrogen and oxygen atoms in total. The molecule has 9 heteroatoms. The number of halogens is 3. The Labute approximate surface area is 173 Å². The fraction of sp³-hybridized carbons (Fsp3) is 0.0952. The SMILES string of the molecule is COC(=O)c1c(N)c2ccc(C(F)F)cc2n(-c2cccc3c(Cl)nccc23)c1=O. The van der Waals surface area contributed by atoms with Gasteiger partial charge >= 0.3 is 5.97 Å². The highest BCUT2D eigenvalue weighted by molar-refractivity contribution is 6.34. The number of ether oxygens (including phenoxy) is 1. The number of carbonyl (C=O) groups is 1. The summed E-state index contributed by atoms with van der Waals surface area (Å²) in [5.74, 6) is -0.925. The van der Waals surface area contributed by atoms with Gasteiger partial charge in [0.05, 0.1) is 24.0 Å². The fourth-order valence-electron chi connectivity index (χ4n) is 3.46. The summed E-state index contributed by atoms with van der Waals surface area (Å²) in [5, 5.41) is 1.57. The monoisotopic (exact) mass is 429 g/mol. The second kappa shape index (κ2) is 7.38. The first-order chi connectivity index (χ1) is 14.3. The molecule has 0 spiro atoms. The van der Waals surface area contributed by atoms with E-state index in [-0.39, 0.29) is 32.9 Å². The largest absolute Gasteiger partial charge is 0.465 e. The molecule has 0 bridgehead atoms. The molecule has 152 valence electrons. The van der Waals surface area contributed by atoms with Gasteiger partial charge in [-0.3, -0.25) is 9.36 Å². The average Bonchev–Trinajstić information content (AvgIpc) is 2.73. The highest BCUT2D eigenvalue weighted by atomic mass is 35.5. The van der Waals surface area contributed by atoms with Crippen LogP contribution >= 0.6 is 11.6 Å². The van der Waals surface area contributed by atoms with E-state index in [1.54, 1.807) is 24.3 Å². The number of hydrogen-bond donors (Lipinski definition) is 1. The molecular formula is C21H14ClF2N3O3. The molecule has 0 amide bonds. The number of fused-ring (bicyclic) bond motifs is 2. The first-order valence-electron chi connectivity index (χ1n) is 8.73. The van der Waals surface area contributed by atoms with Crippen LogP contribution in [-0.2, 0) is 4.74 Å². The second-order valence-corrected chi connectivity index (χ2v) is 6.83. The van der Waals surface area contributed by atoms with Gasteiger partial charge in [-0.25, -0.2) is 18.6 Å². The molecule has 0 atom stereocenters. The van der Waals surface area contributed by atoms with E-state index in [0.29, 0.717) is 16.5 Å². The van der Waals surface area contributed by atoms with Gasteiger partial charge in [0.25, 0.3) is 12.0 Å². The van der Waals surface area contributed by atoms with Crippen LogP contribution in [-0.4, -0.2) is 22.6 Å². The van der Waals surface area contributed by atoms with Gasteiger partial charge in [0.15, 0.2) is 0 Å². The predicted octanol–water partition coefficient (Wildman–Crippen LogP) is 4.50. The molecule has 2 N–H and O–H groups in total. The number of pyridine rings is 2. The van der Waals surface area contributed by atoms with E-state index in [4.69, 9.17) is 22.1 Å². The number of carbonyl (C=O) groups excluding carboxylic acids is 1. The third-order valence-electron chi connectivity index (χ3n) is 4.86. The molecule has 0 fully saturated rings. The van der Waals surface area contributed by atoms with Gasteiger partial charge in [0.1, 0.15) is 10.7 Å². The molecule has 2 heterocycles. The summed E-state index contributed by atoms with van der Waals surface area (Å²) >= 11 is 6.18. The van der Waals surface area contributed by atoms with Crippen molar-refractivity contribution < 1.29 is 18.3 Å². The highest BCUT2D eigenvalue weighted by Gasteiger charge is 2.24. The zero-order valence-corrected chi connectivity index (χ0v) is 16.3.